The van der Waals surface area contributed by atoms with Gasteiger partial charge in [0.1, 0.15) is 0 Å². The van der Waals surface area contributed by atoms with E-state index in [1.807, 2.05) is 6.08 Å². The smallest absolute Gasteiger partial charge is 0.0794 e. The molecule has 1 saturated carbocycles. The van der Waals surface area contributed by atoms with Crippen molar-refractivity contribution in [3.63, 3.8) is 0 Å². The number of hydrogen-bond donors (Lipinski definition) is 0. The molecule has 2 aliphatic rings. The van der Waals surface area contributed by atoms with Crippen LogP contribution in [0.5, 0.6) is 0 Å². The Morgan fingerprint density at radius 1 is 1.27 bits per heavy atom. The van der Waals surface area contributed by atoms with Crippen molar-refractivity contribution in [2.75, 3.05) is 0 Å². The van der Waals surface area contributed by atoms with E-state index in [0.717, 1.165) is 18.8 Å². The Morgan fingerprint density at radius 3 is 2.80 bits per heavy atom. The minimum Gasteiger partial charge on any atom is -0.370 e. The van der Waals surface area contributed by atoms with Crippen LogP contribution in [0.25, 0.3) is 0 Å². The normalized spacial score (nSPS) is 32.8. The Kier molecular flexibility index (Phi) is 4.01. The first kappa shape index (κ1) is 10.9. The van der Waals surface area contributed by atoms with E-state index in [4.69, 9.17) is 4.74 Å². The molecule has 0 aromatic rings. The predicted molar refractivity (Wildman–Crippen MR) is 63.8 cm³/mol. The van der Waals surface area contributed by atoms with Crippen LogP contribution in [0.4, 0.5) is 0 Å². The molecular weight excluding hydrogens is 184 g/mol. The van der Waals surface area contributed by atoms with Gasteiger partial charge < -0.3 is 4.74 Å². The lowest BCUT2D eigenvalue weighted by molar-refractivity contribution is -0.0352. The van der Waals surface area contributed by atoms with Crippen molar-refractivity contribution in [2.24, 2.45) is 5.92 Å². The van der Waals surface area contributed by atoms with Crippen molar-refractivity contribution in [3.05, 3.63) is 24.8 Å². The van der Waals surface area contributed by atoms with Crippen molar-refractivity contribution in [1.29, 1.82) is 0 Å². The SMILES string of the molecule is C=CC[C@@H]1C=CC[C@@H](C2CCCCC2)O1. The first-order chi connectivity index (χ1) is 7.40. The minimum absolute atomic E-state index is 0.295. The maximum Gasteiger partial charge on any atom is 0.0794 e. The Labute approximate surface area is 93.2 Å². The molecule has 0 saturated heterocycles. The zero-order valence-electron chi connectivity index (χ0n) is 9.53. The molecule has 1 heterocycles. The molecule has 0 N–H and O–H groups in total. The average molecular weight is 206 g/mol. The molecule has 1 aliphatic heterocycles. The molecule has 1 fully saturated rings. The third-order valence-electron chi connectivity index (χ3n) is 3.64. The van der Waals surface area contributed by atoms with Crippen LogP contribution >= 0.6 is 0 Å². The summed E-state index contributed by atoms with van der Waals surface area (Å²) in [6, 6.07) is 0. The fourth-order valence-electron chi connectivity index (χ4n) is 2.80. The maximum absolute atomic E-state index is 6.11. The second kappa shape index (κ2) is 5.50. The predicted octanol–water partition coefficient (Wildman–Crippen LogP) is 3.86. The summed E-state index contributed by atoms with van der Waals surface area (Å²) in [6.45, 7) is 3.78. The molecule has 84 valence electrons. The van der Waals surface area contributed by atoms with Crippen LogP contribution < -0.4 is 0 Å². The zero-order chi connectivity index (χ0) is 10.5. The average Bonchev–Trinajstić information content (AvgIpc) is 2.31. The van der Waals surface area contributed by atoms with E-state index in [1.54, 1.807) is 0 Å². The summed E-state index contributed by atoms with van der Waals surface area (Å²) >= 11 is 0. The van der Waals surface area contributed by atoms with Gasteiger partial charge in [-0.1, -0.05) is 37.5 Å². The quantitative estimate of drug-likeness (QED) is 0.637. The molecule has 0 unspecified atom stereocenters. The first-order valence-electron chi connectivity index (χ1n) is 6.33. The Bertz CT molecular complexity index is 225. The van der Waals surface area contributed by atoms with Crippen molar-refractivity contribution >= 4 is 0 Å². The molecule has 2 rings (SSSR count). The van der Waals surface area contributed by atoms with Crippen molar-refractivity contribution in [3.8, 4) is 0 Å². The molecule has 1 aliphatic carbocycles. The van der Waals surface area contributed by atoms with Gasteiger partial charge in [0.15, 0.2) is 0 Å². The lowest BCUT2D eigenvalue weighted by Crippen LogP contribution is -2.31. The third-order valence-corrected chi connectivity index (χ3v) is 3.64. The highest BCUT2D eigenvalue weighted by Crippen LogP contribution is 2.32. The Hall–Kier alpha value is -0.560. The maximum atomic E-state index is 6.11. The van der Waals surface area contributed by atoms with E-state index in [9.17, 15) is 0 Å². The van der Waals surface area contributed by atoms with Crippen LogP contribution in [-0.2, 0) is 4.74 Å². The second-order valence-corrected chi connectivity index (χ2v) is 4.80. The minimum atomic E-state index is 0.295. The fraction of sp³-hybridized carbons (Fsp3) is 0.714. The molecule has 15 heavy (non-hydrogen) atoms. The molecule has 0 aromatic heterocycles. The van der Waals surface area contributed by atoms with Crippen LogP contribution in [0.15, 0.2) is 24.8 Å². The van der Waals surface area contributed by atoms with Crippen LogP contribution in [0.3, 0.4) is 0 Å². The van der Waals surface area contributed by atoms with E-state index in [0.29, 0.717) is 12.2 Å². The molecule has 0 radical (unpaired) electrons. The Balaban J connectivity index is 1.87. The largest absolute Gasteiger partial charge is 0.370 e. The number of rotatable bonds is 3. The molecule has 1 heteroatoms. The Morgan fingerprint density at radius 2 is 2.07 bits per heavy atom. The van der Waals surface area contributed by atoms with Gasteiger partial charge in [0.2, 0.25) is 0 Å². The lowest BCUT2D eigenvalue weighted by Gasteiger charge is -2.34. The first-order valence-corrected chi connectivity index (χ1v) is 6.33. The summed E-state index contributed by atoms with van der Waals surface area (Å²) in [5.74, 6) is 0.816. The second-order valence-electron chi connectivity index (χ2n) is 4.80. The van der Waals surface area contributed by atoms with Crippen LogP contribution in [0.2, 0.25) is 0 Å². The van der Waals surface area contributed by atoms with Gasteiger partial charge in [-0.3, -0.25) is 0 Å². The van der Waals surface area contributed by atoms with Gasteiger partial charge in [-0.15, -0.1) is 6.58 Å². The number of ether oxygens (including phenoxy) is 1. The van der Waals surface area contributed by atoms with E-state index in [1.165, 1.54) is 32.1 Å². The van der Waals surface area contributed by atoms with Crippen molar-refractivity contribution < 1.29 is 4.74 Å². The van der Waals surface area contributed by atoms with Gasteiger partial charge in [-0.2, -0.15) is 0 Å². The fourth-order valence-corrected chi connectivity index (χ4v) is 2.80. The van der Waals surface area contributed by atoms with Gasteiger partial charge in [0.05, 0.1) is 12.2 Å². The van der Waals surface area contributed by atoms with E-state index in [-0.39, 0.29) is 0 Å². The molecule has 0 bridgehead atoms. The molecule has 0 aromatic carbocycles. The van der Waals surface area contributed by atoms with Gasteiger partial charge >= 0.3 is 0 Å². The monoisotopic (exact) mass is 206 g/mol. The van der Waals surface area contributed by atoms with Gasteiger partial charge in [0, 0.05) is 0 Å². The third kappa shape index (κ3) is 2.94. The highest BCUT2D eigenvalue weighted by molar-refractivity contribution is 4.99. The topological polar surface area (TPSA) is 9.23 Å². The summed E-state index contributed by atoms with van der Waals surface area (Å²) in [6.07, 6.45) is 16.3. The summed E-state index contributed by atoms with van der Waals surface area (Å²) in [7, 11) is 0. The summed E-state index contributed by atoms with van der Waals surface area (Å²) in [4.78, 5) is 0. The zero-order valence-corrected chi connectivity index (χ0v) is 9.53. The lowest BCUT2D eigenvalue weighted by atomic mass is 9.83. The highest BCUT2D eigenvalue weighted by atomic mass is 16.5. The summed E-state index contributed by atoms with van der Waals surface area (Å²) in [5.41, 5.74) is 0. The summed E-state index contributed by atoms with van der Waals surface area (Å²) in [5, 5.41) is 0. The molecular formula is C14H22O. The number of hydrogen-bond acceptors (Lipinski definition) is 1. The standard InChI is InChI=1S/C14H22O/c1-2-7-13-10-6-11-14(15-13)12-8-4-3-5-9-12/h2,6,10,12-14H,1,3-5,7-9,11H2/t13-,14+/m1/s1. The van der Waals surface area contributed by atoms with Crippen LogP contribution in [-0.4, -0.2) is 12.2 Å². The van der Waals surface area contributed by atoms with Gasteiger partial charge in [-0.05, 0) is 31.6 Å². The van der Waals surface area contributed by atoms with Crippen molar-refractivity contribution in [2.45, 2.75) is 57.2 Å². The van der Waals surface area contributed by atoms with Crippen LogP contribution in [0.1, 0.15) is 44.9 Å². The molecule has 2 atom stereocenters. The van der Waals surface area contributed by atoms with Gasteiger partial charge in [-0.25, -0.2) is 0 Å². The summed E-state index contributed by atoms with van der Waals surface area (Å²) < 4.78 is 6.11. The molecule has 1 nitrogen and oxygen atoms in total. The molecule has 0 spiro atoms. The molecule has 0 amide bonds. The highest BCUT2D eigenvalue weighted by Gasteiger charge is 2.27. The van der Waals surface area contributed by atoms with E-state index >= 15 is 0 Å². The van der Waals surface area contributed by atoms with Crippen molar-refractivity contribution in [1.82, 2.24) is 0 Å². The van der Waals surface area contributed by atoms with E-state index in [2.05, 4.69) is 18.7 Å². The van der Waals surface area contributed by atoms with E-state index < -0.39 is 0 Å². The van der Waals surface area contributed by atoms with Crippen LogP contribution in [0, 0.1) is 5.92 Å². The van der Waals surface area contributed by atoms with Gasteiger partial charge in [0.25, 0.3) is 0 Å².